The molecular weight excluding hydrogens is 212 g/mol. The zero-order valence-electron chi connectivity index (χ0n) is 9.88. The van der Waals surface area contributed by atoms with Crippen LogP contribution in [-0.4, -0.2) is 52.3 Å². The number of carbonyl (C=O) groups is 2. The molecule has 0 aliphatic carbocycles. The van der Waals surface area contributed by atoms with E-state index in [-0.39, 0.29) is 24.8 Å². The number of hydrogen-bond donors (Lipinski definition) is 2. The highest BCUT2D eigenvalue weighted by atomic mass is 16.5. The van der Waals surface area contributed by atoms with Crippen LogP contribution in [0.5, 0.6) is 0 Å². The van der Waals surface area contributed by atoms with Gasteiger partial charge in [-0.3, -0.25) is 9.59 Å². The van der Waals surface area contributed by atoms with Gasteiger partial charge in [0.1, 0.15) is 0 Å². The standard InChI is InChI=1S/C10H20N2O4/c1-15-7-3-5-12-9(13)8-11-6-4-10(14)16-2/h11H,3-8H2,1-2H3,(H,12,13). The summed E-state index contributed by atoms with van der Waals surface area (Å²) < 4.78 is 9.30. The van der Waals surface area contributed by atoms with Crippen molar-refractivity contribution in [3.8, 4) is 0 Å². The highest BCUT2D eigenvalue weighted by Gasteiger charge is 2.02. The van der Waals surface area contributed by atoms with E-state index in [1.54, 1.807) is 7.11 Å². The normalized spacial score (nSPS) is 9.88. The minimum atomic E-state index is -0.284. The molecule has 0 saturated heterocycles. The monoisotopic (exact) mass is 232 g/mol. The van der Waals surface area contributed by atoms with E-state index in [0.717, 1.165) is 6.42 Å². The lowest BCUT2D eigenvalue weighted by Gasteiger charge is -2.05. The number of nitrogens with one attached hydrogen (secondary N) is 2. The van der Waals surface area contributed by atoms with E-state index in [4.69, 9.17) is 4.74 Å². The van der Waals surface area contributed by atoms with Crippen molar-refractivity contribution in [2.75, 3.05) is 40.5 Å². The largest absolute Gasteiger partial charge is 0.469 e. The molecule has 0 aromatic rings. The maximum atomic E-state index is 11.2. The summed E-state index contributed by atoms with van der Waals surface area (Å²) in [6, 6.07) is 0. The Balaban J connectivity index is 3.27. The maximum Gasteiger partial charge on any atom is 0.306 e. The molecule has 0 rings (SSSR count). The molecule has 6 heteroatoms. The lowest BCUT2D eigenvalue weighted by molar-refractivity contribution is -0.140. The van der Waals surface area contributed by atoms with Gasteiger partial charge in [0.25, 0.3) is 0 Å². The predicted molar refractivity (Wildman–Crippen MR) is 59.0 cm³/mol. The van der Waals surface area contributed by atoms with Crippen molar-refractivity contribution in [3.63, 3.8) is 0 Å². The minimum absolute atomic E-state index is 0.0824. The van der Waals surface area contributed by atoms with Gasteiger partial charge in [0.05, 0.1) is 20.1 Å². The molecule has 0 aromatic heterocycles. The fourth-order valence-electron chi connectivity index (χ4n) is 1.00. The number of carbonyl (C=O) groups excluding carboxylic acids is 2. The van der Waals surface area contributed by atoms with E-state index in [2.05, 4.69) is 15.4 Å². The summed E-state index contributed by atoms with van der Waals surface area (Å²) in [7, 11) is 2.96. The Morgan fingerprint density at radius 3 is 2.56 bits per heavy atom. The minimum Gasteiger partial charge on any atom is -0.469 e. The second-order valence-corrected chi connectivity index (χ2v) is 3.20. The van der Waals surface area contributed by atoms with Gasteiger partial charge in [-0.25, -0.2) is 0 Å². The first-order chi connectivity index (χ1) is 7.70. The van der Waals surface area contributed by atoms with Crippen molar-refractivity contribution in [1.29, 1.82) is 0 Å². The highest BCUT2D eigenvalue weighted by molar-refractivity contribution is 5.78. The quantitative estimate of drug-likeness (QED) is 0.406. The average Bonchev–Trinajstić information content (AvgIpc) is 2.30. The third kappa shape index (κ3) is 9.42. The molecule has 0 aromatic carbocycles. The van der Waals surface area contributed by atoms with Crippen LogP contribution in [0.15, 0.2) is 0 Å². The van der Waals surface area contributed by atoms with E-state index in [9.17, 15) is 9.59 Å². The number of amides is 1. The van der Waals surface area contributed by atoms with Gasteiger partial charge in [-0.05, 0) is 6.42 Å². The van der Waals surface area contributed by atoms with Crippen molar-refractivity contribution in [1.82, 2.24) is 10.6 Å². The third-order valence-electron chi connectivity index (χ3n) is 1.87. The van der Waals surface area contributed by atoms with E-state index >= 15 is 0 Å². The number of esters is 1. The fourth-order valence-corrected chi connectivity index (χ4v) is 1.00. The van der Waals surface area contributed by atoms with Crippen LogP contribution in [0.3, 0.4) is 0 Å². The lowest BCUT2D eigenvalue weighted by Crippen LogP contribution is -2.35. The summed E-state index contributed by atoms with van der Waals surface area (Å²) in [5.41, 5.74) is 0. The predicted octanol–water partition coefficient (Wildman–Crippen LogP) is -0.708. The number of hydrogen-bond acceptors (Lipinski definition) is 5. The van der Waals surface area contributed by atoms with E-state index < -0.39 is 0 Å². The van der Waals surface area contributed by atoms with Crippen LogP contribution in [-0.2, 0) is 19.1 Å². The number of ether oxygens (including phenoxy) is 2. The van der Waals surface area contributed by atoms with Crippen molar-refractivity contribution in [2.24, 2.45) is 0 Å². The Labute approximate surface area is 95.7 Å². The Bertz CT molecular complexity index is 209. The topological polar surface area (TPSA) is 76.7 Å². The van der Waals surface area contributed by atoms with Crippen LogP contribution in [0.4, 0.5) is 0 Å². The fraction of sp³-hybridized carbons (Fsp3) is 0.800. The molecule has 0 aliphatic rings. The van der Waals surface area contributed by atoms with Gasteiger partial charge in [0.2, 0.25) is 5.91 Å². The average molecular weight is 232 g/mol. The molecule has 0 bridgehead atoms. The second kappa shape index (κ2) is 10.4. The van der Waals surface area contributed by atoms with Crippen LogP contribution in [0.1, 0.15) is 12.8 Å². The van der Waals surface area contributed by atoms with Crippen LogP contribution < -0.4 is 10.6 Å². The van der Waals surface area contributed by atoms with E-state index in [1.165, 1.54) is 7.11 Å². The zero-order valence-corrected chi connectivity index (χ0v) is 9.88. The molecule has 2 N–H and O–H groups in total. The molecule has 0 heterocycles. The van der Waals surface area contributed by atoms with Gasteiger partial charge in [0.15, 0.2) is 0 Å². The molecule has 0 radical (unpaired) electrons. The second-order valence-electron chi connectivity index (χ2n) is 3.20. The van der Waals surface area contributed by atoms with Crippen LogP contribution in [0, 0.1) is 0 Å². The van der Waals surface area contributed by atoms with Crippen LogP contribution >= 0.6 is 0 Å². The van der Waals surface area contributed by atoms with Gasteiger partial charge in [-0.2, -0.15) is 0 Å². The van der Waals surface area contributed by atoms with Gasteiger partial charge in [-0.15, -0.1) is 0 Å². The smallest absolute Gasteiger partial charge is 0.306 e. The summed E-state index contributed by atoms with van der Waals surface area (Å²) >= 11 is 0. The summed E-state index contributed by atoms with van der Waals surface area (Å²) in [4.78, 5) is 21.9. The summed E-state index contributed by atoms with van der Waals surface area (Å²) in [5.74, 6) is -0.367. The number of rotatable bonds is 9. The highest BCUT2D eigenvalue weighted by Crippen LogP contribution is 1.81. The Hall–Kier alpha value is -1.14. The molecule has 0 atom stereocenters. The molecule has 16 heavy (non-hydrogen) atoms. The molecule has 0 spiro atoms. The van der Waals surface area contributed by atoms with Crippen LogP contribution in [0.2, 0.25) is 0 Å². The molecule has 6 nitrogen and oxygen atoms in total. The maximum absolute atomic E-state index is 11.2. The van der Waals surface area contributed by atoms with Gasteiger partial charge in [-0.1, -0.05) is 0 Å². The van der Waals surface area contributed by atoms with E-state index in [1.807, 2.05) is 0 Å². The molecule has 0 unspecified atom stereocenters. The van der Waals surface area contributed by atoms with Crippen molar-refractivity contribution in [2.45, 2.75) is 12.8 Å². The first-order valence-electron chi connectivity index (χ1n) is 5.24. The van der Waals surface area contributed by atoms with Crippen LogP contribution in [0.25, 0.3) is 0 Å². The third-order valence-corrected chi connectivity index (χ3v) is 1.87. The summed E-state index contributed by atoms with van der Waals surface area (Å²) in [5, 5.41) is 5.57. The molecule has 0 saturated carbocycles. The van der Waals surface area contributed by atoms with Gasteiger partial charge >= 0.3 is 5.97 Å². The summed E-state index contributed by atoms with van der Waals surface area (Å²) in [6.07, 6.45) is 1.07. The molecule has 0 aliphatic heterocycles. The van der Waals surface area contributed by atoms with Crippen molar-refractivity contribution in [3.05, 3.63) is 0 Å². The molecular formula is C10H20N2O4. The van der Waals surface area contributed by atoms with Gasteiger partial charge in [0, 0.05) is 26.8 Å². The number of methoxy groups -OCH3 is 2. The Morgan fingerprint density at radius 2 is 1.94 bits per heavy atom. The first kappa shape index (κ1) is 14.9. The first-order valence-corrected chi connectivity index (χ1v) is 5.24. The zero-order chi connectivity index (χ0) is 12.2. The molecule has 94 valence electrons. The Kier molecular flexibility index (Phi) is 9.64. The molecule has 0 fully saturated rings. The Morgan fingerprint density at radius 1 is 1.19 bits per heavy atom. The van der Waals surface area contributed by atoms with E-state index in [0.29, 0.717) is 19.7 Å². The summed E-state index contributed by atoms with van der Waals surface area (Å²) in [6.45, 7) is 1.89. The lowest BCUT2D eigenvalue weighted by atomic mass is 10.4. The van der Waals surface area contributed by atoms with Crippen molar-refractivity contribution >= 4 is 11.9 Å². The molecule has 1 amide bonds. The SMILES string of the molecule is COCCCNC(=O)CNCCC(=O)OC. The van der Waals surface area contributed by atoms with Gasteiger partial charge < -0.3 is 20.1 Å². The van der Waals surface area contributed by atoms with Crippen molar-refractivity contribution < 1.29 is 19.1 Å².